The summed E-state index contributed by atoms with van der Waals surface area (Å²) in [4.78, 5) is 32.8. The minimum atomic E-state index is -1.07. The molecule has 0 saturated carbocycles. The molecule has 7 heteroatoms. The lowest BCUT2D eigenvalue weighted by molar-refractivity contribution is -0.142. The zero-order chi connectivity index (χ0) is 16.9. The largest absolute Gasteiger partial charge is 0.481 e. The molecule has 1 unspecified atom stereocenters. The van der Waals surface area contributed by atoms with E-state index in [0.29, 0.717) is 19.4 Å². The fourth-order valence-electron chi connectivity index (χ4n) is 2.72. The summed E-state index contributed by atoms with van der Waals surface area (Å²) in [5, 5.41) is 29.7. The molecule has 22 heavy (non-hydrogen) atoms. The highest BCUT2D eigenvalue weighted by Gasteiger charge is 2.41. The Hall–Kier alpha value is -2.15. The number of hydrogen-bond donors (Lipinski definition) is 4. The quantitative estimate of drug-likeness (QED) is 0.391. The second-order valence-corrected chi connectivity index (χ2v) is 5.48. The summed E-state index contributed by atoms with van der Waals surface area (Å²) in [7, 11) is 0. The molecule has 1 fully saturated rings. The van der Waals surface area contributed by atoms with Crippen LogP contribution in [-0.4, -0.2) is 45.8 Å². The Kier molecular flexibility index (Phi) is 6.30. The predicted octanol–water partition coefficient (Wildman–Crippen LogP) is 1.12. The number of carbonyl (C=O) groups is 3. The van der Waals surface area contributed by atoms with Crippen LogP contribution in [0.2, 0.25) is 0 Å². The van der Waals surface area contributed by atoms with Crippen molar-refractivity contribution in [2.24, 2.45) is 11.8 Å². The first-order valence-electron chi connectivity index (χ1n) is 6.99. The Bertz CT molecular complexity index is 510. The first kappa shape index (κ1) is 17.9. The SMILES string of the molecule is C=C(CC/C=C(\C)C(=O)O)C1CN[C@H](C(=O)O)[C@H]1CC(=O)O. The average Bonchev–Trinajstić information content (AvgIpc) is 2.81. The van der Waals surface area contributed by atoms with Gasteiger partial charge >= 0.3 is 17.9 Å². The fourth-order valence-corrected chi connectivity index (χ4v) is 2.72. The number of carboxylic acids is 3. The van der Waals surface area contributed by atoms with Crippen LogP contribution in [0, 0.1) is 11.8 Å². The van der Waals surface area contributed by atoms with E-state index in [1.807, 2.05) is 0 Å². The smallest absolute Gasteiger partial charge is 0.330 e. The van der Waals surface area contributed by atoms with E-state index < -0.39 is 29.9 Å². The van der Waals surface area contributed by atoms with Gasteiger partial charge in [-0.3, -0.25) is 9.59 Å². The molecular formula is C15H21NO6. The molecule has 7 nitrogen and oxygen atoms in total. The molecule has 0 aromatic heterocycles. The minimum Gasteiger partial charge on any atom is -0.481 e. The summed E-state index contributed by atoms with van der Waals surface area (Å²) in [5.74, 6) is -3.88. The van der Waals surface area contributed by atoms with Gasteiger partial charge in [-0.1, -0.05) is 18.2 Å². The van der Waals surface area contributed by atoms with Gasteiger partial charge in [-0.15, -0.1) is 0 Å². The van der Waals surface area contributed by atoms with Crippen LogP contribution >= 0.6 is 0 Å². The van der Waals surface area contributed by atoms with E-state index in [4.69, 9.17) is 15.3 Å². The van der Waals surface area contributed by atoms with Gasteiger partial charge in [0.05, 0.1) is 6.42 Å². The Labute approximate surface area is 128 Å². The third-order valence-electron chi connectivity index (χ3n) is 3.96. The van der Waals surface area contributed by atoms with Crippen LogP contribution in [0.1, 0.15) is 26.2 Å². The summed E-state index contributed by atoms with van der Waals surface area (Å²) in [6.45, 7) is 5.79. The second kappa shape index (κ2) is 7.74. The van der Waals surface area contributed by atoms with Gasteiger partial charge in [-0.05, 0) is 25.7 Å². The van der Waals surface area contributed by atoms with Gasteiger partial charge in [0.1, 0.15) is 6.04 Å². The van der Waals surface area contributed by atoms with Crippen LogP contribution in [0.4, 0.5) is 0 Å². The molecule has 122 valence electrons. The van der Waals surface area contributed by atoms with Gasteiger partial charge in [0, 0.05) is 18.0 Å². The molecule has 1 saturated heterocycles. The van der Waals surface area contributed by atoms with Gasteiger partial charge in [0.15, 0.2) is 0 Å². The van der Waals surface area contributed by atoms with Gasteiger partial charge in [0.2, 0.25) is 0 Å². The van der Waals surface area contributed by atoms with Gasteiger partial charge in [0.25, 0.3) is 0 Å². The van der Waals surface area contributed by atoms with Gasteiger partial charge < -0.3 is 20.6 Å². The molecule has 0 aromatic carbocycles. The Balaban J connectivity index is 2.70. The Morgan fingerprint density at radius 3 is 2.41 bits per heavy atom. The fraction of sp³-hybridized carbons (Fsp3) is 0.533. The molecule has 3 atom stereocenters. The Morgan fingerprint density at radius 2 is 1.91 bits per heavy atom. The highest BCUT2D eigenvalue weighted by Crippen LogP contribution is 2.33. The number of hydrogen-bond acceptors (Lipinski definition) is 4. The maximum Gasteiger partial charge on any atom is 0.330 e. The highest BCUT2D eigenvalue weighted by atomic mass is 16.4. The monoisotopic (exact) mass is 311 g/mol. The van der Waals surface area contributed by atoms with Crippen molar-refractivity contribution < 1.29 is 29.7 Å². The van der Waals surface area contributed by atoms with Crippen LogP contribution in [-0.2, 0) is 14.4 Å². The molecular weight excluding hydrogens is 290 g/mol. The lowest BCUT2D eigenvalue weighted by Gasteiger charge is -2.21. The van der Waals surface area contributed by atoms with Crippen LogP contribution < -0.4 is 5.32 Å². The van der Waals surface area contributed by atoms with Crippen molar-refractivity contribution >= 4 is 17.9 Å². The number of carboxylic acid groups (broad SMARTS) is 3. The number of rotatable bonds is 8. The number of nitrogens with one attached hydrogen (secondary N) is 1. The third-order valence-corrected chi connectivity index (χ3v) is 3.96. The van der Waals surface area contributed by atoms with Gasteiger partial charge in [-0.25, -0.2) is 4.79 Å². The highest BCUT2D eigenvalue weighted by molar-refractivity contribution is 5.85. The molecule has 1 heterocycles. The molecule has 1 aliphatic heterocycles. The normalized spacial score (nSPS) is 25.0. The second-order valence-electron chi connectivity index (χ2n) is 5.48. The van der Waals surface area contributed by atoms with Gasteiger partial charge in [-0.2, -0.15) is 0 Å². The Morgan fingerprint density at radius 1 is 1.27 bits per heavy atom. The molecule has 0 amide bonds. The van der Waals surface area contributed by atoms with E-state index in [0.717, 1.165) is 5.57 Å². The van der Waals surface area contributed by atoms with Crippen molar-refractivity contribution in [3.63, 3.8) is 0 Å². The minimum absolute atomic E-state index is 0.238. The van der Waals surface area contributed by atoms with Crippen molar-refractivity contribution in [2.75, 3.05) is 6.54 Å². The van der Waals surface area contributed by atoms with E-state index in [9.17, 15) is 14.4 Å². The molecule has 1 aliphatic rings. The van der Waals surface area contributed by atoms with Crippen molar-refractivity contribution in [1.29, 1.82) is 0 Å². The molecule has 1 rings (SSSR count). The zero-order valence-corrected chi connectivity index (χ0v) is 12.4. The van der Waals surface area contributed by atoms with Crippen molar-refractivity contribution in [3.05, 3.63) is 23.8 Å². The van der Waals surface area contributed by atoms with Crippen molar-refractivity contribution in [1.82, 2.24) is 5.32 Å². The standard InChI is InChI=1S/C15H21NO6/c1-8(4-3-5-9(2)14(19)20)11-7-16-13(15(21)22)10(11)6-12(17)18/h5,10-11,13,16H,1,3-4,6-7H2,2H3,(H,17,18)(H,19,20)(H,21,22)/b9-5+/t10-,11?,13-/m0/s1. The summed E-state index contributed by atoms with van der Waals surface area (Å²) in [6.07, 6.45) is 2.32. The van der Waals surface area contributed by atoms with Crippen LogP contribution in [0.3, 0.4) is 0 Å². The maximum atomic E-state index is 11.2. The van der Waals surface area contributed by atoms with Crippen molar-refractivity contribution in [2.45, 2.75) is 32.2 Å². The van der Waals surface area contributed by atoms with E-state index in [1.165, 1.54) is 6.92 Å². The predicted molar refractivity (Wildman–Crippen MR) is 78.4 cm³/mol. The average molecular weight is 311 g/mol. The topological polar surface area (TPSA) is 124 Å². The van der Waals surface area contributed by atoms with E-state index in [2.05, 4.69) is 11.9 Å². The summed E-state index contributed by atoms with van der Waals surface area (Å²) >= 11 is 0. The maximum absolute atomic E-state index is 11.2. The number of allylic oxidation sites excluding steroid dienone is 1. The lowest BCUT2D eigenvalue weighted by Crippen LogP contribution is -2.36. The van der Waals surface area contributed by atoms with E-state index >= 15 is 0 Å². The zero-order valence-electron chi connectivity index (χ0n) is 12.4. The molecule has 0 spiro atoms. The molecule has 0 aliphatic carbocycles. The lowest BCUT2D eigenvalue weighted by atomic mass is 9.82. The van der Waals surface area contributed by atoms with Crippen LogP contribution in [0.25, 0.3) is 0 Å². The molecule has 0 bridgehead atoms. The summed E-state index contributed by atoms with van der Waals surface area (Å²) in [5.41, 5.74) is 0.986. The van der Waals surface area contributed by atoms with E-state index in [1.54, 1.807) is 6.08 Å². The first-order valence-corrected chi connectivity index (χ1v) is 6.99. The van der Waals surface area contributed by atoms with Crippen LogP contribution in [0.5, 0.6) is 0 Å². The number of aliphatic carboxylic acids is 3. The summed E-state index contributed by atoms with van der Waals surface area (Å²) < 4.78 is 0. The van der Waals surface area contributed by atoms with E-state index in [-0.39, 0.29) is 17.9 Å². The molecule has 4 N–H and O–H groups in total. The van der Waals surface area contributed by atoms with Crippen molar-refractivity contribution in [3.8, 4) is 0 Å². The first-order chi connectivity index (χ1) is 10.2. The third kappa shape index (κ3) is 4.70. The van der Waals surface area contributed by atoms with Crippen LogP contribution in [0.15, 0.2) is 23.8 Å². The molecule has 0 aromatic rings. The summed E-state index contributed by atoms with van der Waals surface area (Å²) in [6, 6.07) is -0.894. The molecule has 0 radical (unpaired) electrons.